The van der Waals surface area contributed by atoms with Crippen LogP contribution in [-0.2, 0) is 0 Å². The SMILES string of the molecule is OB1C=C(C2CCC(Br)CC2)c2c(cnc3[nH]ccc23)O1.OB1C=C(C2CCC(Br)CC2)c2c(cnc3[nH]ccc23)O1.OB1C=C(C2CCC(O)CC2)c2c(cnc3[nH]ccc23)O1.OB1C=C(C2CCC(O)CC2)c2c(cnc3[nH]ccc23)O1. The molecule has 24 heteroatoms. The van der Waals surface area contributed by atoms with E-state index in [1.165, 1.54) is 36.8 Å². The molecule has 0 aromatic carbocycles. The van der Waals surface area contributed by atoms with E-state index in [2.05, 4.69) is 71.7 Å². The van der Waals surface area contributed by atoms with Crippen molar-refractivity contribution in [1.82, 2.24) is 39.9 Å². The Kier molecular flexibility index (Phi) is 16.8. The Morgan fingerprint density at radius 1 is 0.357 bits per heavy atom. The van der Waals surface area contributed by atoms with Crippen LogP contribution in [0.3, 0.4) is 0 Å². The summed E-state index contributed by atoms with van der Waals surface area (Å²) in [6, 6.07) is 8.06. The average Bonchev–Trinajstić information content (AvgIpc) is 4.56. The predicted octanol–water partition coefficient (Wildman–Crippen LogP) is 10.4. The lowest BCUT2D eigenvalue weighted by Gasteiger charge is -2.31. The molecular formula is C60H66B4Br2N8O10. The summed E-state index contributed by atoms with van der Waals surface area (Å²) < 4.78 is 22.1. The molecule has 10 N–H and O–H groups in total. The Hall–Kier alpha value is -6.10. The van der Waals surface area contributed by atoms with Crippen molar-refractivity contribution in [2.75, 3.05) is 0 Å². The first-order valence-corrected chi connectivity index (χ1v) is 31.5. The van der Waals surface area contributed by atoms with Crippen molar-refractivity contribution in [2.24, 2.45) is 23.7 Å². The van der Waals surface area contributed by atoms with Crippen molar-refractivity contribution in [1.29, 1.82) is 0 Å². The third-order valence-electron chi connectivity index (χ3n) is 18.1. The molecule has 0 spiro atoms. The second kappa shape index (κ2) is 24.7. The molecule has 0 unspecified atom stereocenters. The molecule has 4 aliphatic carbocycles. The molecule has 8 aromatic rings. The molecule has 432 valence electrons. The Bertz CT molecular complexity index is 3310. The van der Waals surface area contributed by atoms with Crippen LogP contribution in [0.2, 0.25) is 0 Å². The van der Waals surface area contributed by atoms with Gasteiger partial charge in [0.15, 0.2) is 0 Å². The second-order valence-electron chi connectivity index (χ2n) is 23.4. The zero-order valence-electron chi connectivity index (χ0n) is 46.3. The van der Waals surface area contributed by atoms with Crippen LogP contribution in [0.5, 0.6) is 23.0 Å². The zero-order chi connectivity index (χ0) is 57.6. The van der Waals surface area contributed by atoms with Gasteiger partial charge < -0.3 is 68.9 Å². The maximum absolute atomic E-state index is 9.99. The highest BCUT2D eigenvalue weighted by Gasteiger charge is 2.37. The van der Waals surface area contributed by atoms with Crippen molar-refractivity contribution >= 4 is 127 Å². The fourth-order valence-corrected chi connectivity index (χ4v) is 15.0. The van der Waals surface area contributed by atoms with E-state index < -0.39 is 28.5 Å². The topological polar surface area (TPSA) is 273 Å². The van der Waals surface area contributed by atoms with E-state index in [0.717, 1.165) is 155 Å². The van der Waals surface area contributed by atoms with Crippen LogP contribution in [0, 0.1) is 23.7 Å². The van der Waals surface area contributed by atoms with Gasteiger partial charge in [0.1, 0.15) is 45.6 Å². The first-order valence-electron chi connectivity index (χ1n) is 29.6. The minimum absolute atomic E-state index is 0.184. The number of aliphatic hydroxyl groups excluding tert-OH is 2. The Morgan fingerprint density at radius 3 is 0.821 bits per heavy atom. The van der Waals surface area contributed by atoms with E-state index in [9.17, 15) is 30.3 Å². The minimum Gasteiger partial charge on any atom is -0.531 e. The maximum Gasteiger partial charge on any atom is 0.552 e. The lowest BCUT2D eigenvalue weighted by Crippen LogP contribution is -2.27. The molecule has 0 amide bonds. The number of allylic oxidation sites excluding steroid dienone is 4. The number of hydrogen-bond donors (Lipinski definition) is 10. The number of aliphatic hydroxyl groups is 2. The summed E-state index contributed by atoms with van der Waals surface area (Å²) in [4.78, 5) is 31.1. The quantitative estimate of drug-likeness (QED) is 0.0580. The number of aromatic amines is 4. The van der Waals surface area contributed by atoms with Gasteiger partial charge in [-0.05, 0) is 197 Å². The molecule has 8 aliphatic rings. The number of fused-ring (bicyclic) bond motifs is 12. The van der Waals surface area contributed by atoms with Gasteiger partial charge in [0, 0.05) is 78.2 Å². The zero-order valence-corrected chi connectivity index (χ0v) is 49.5. The summed E-state index contributed by atoms with van der Waals surface area (Å²) in [6.07, 6.45) is 30.2. The van der Waals surface area contributed by atoms with Gasteiger partial charge in [-0.1, -0.05) is 31.9 Å². The number of pyridine rings is 4. The summed E-state index contributed by atoms with van der Waals surface area (Å²) in [5, 5.41) is 63.5. The standard InChI is InChI=1S/2C15H16BBrN2O2.2C15H17BN2O3/c2*17-10-3-1-9(2-4-10)12-7-16(20)21-13-8-19-15-11(14(12)13)5-6-18-15;2*19-10-3-1-9(2-4-10)12-7-16(20)21-13-8-18-15-11(14(12)13)5-6-17-15/h2*5-10,20H,1-4H2,(H,18,19);2*5-10,19-20H,1-4H2,(H,17,18). The molecule has 0 atom stereocenters. The molecule has 0 saturated heterocycles. The number of hydrogen-bond acceptors (Lipinski definition) is 14. The van der Waals surface area contributed by atoms with Gasteiger partial charge in [-0.15, -0.1) is 0 Å². The van der Waals surface area contributed by atoms with E-state index in [1.54, 1.807) is 36.7 Å². The third-order valence-corrected chi connectivity index (χ3v) is 19.9. The number of nitrogens with zero attached hydrogens (tertiary/aromatic N) is 4. The van der Waals surface area contributed by atoms with E-state index >= 15 is 0 Å². The summed E-state index contributed by atoms with van der Waals surface area (Å²) in [6.45, 7) is 0. The van der Waals surface area contributed by atoms with Crippen LogP contribution >= 0.6 is 31.9 Å². The number of nitrogens with one attached hydrogen (secondary N) is 4. The molecule has 4 fully saturated rings. The number of rotatable bonds is 4. The van der Waals surface area contributed by atoms with Crippen molar-refractivity contribution in [3.63, 3.8) is 0 Å². The van der Waals surface area contributed by atoms with Crippen LogP contribution in [0.25, 0.3) is 66.4 Å². The first-order chi connectivity index (χ1) is 40.9. The number of aromatic nitrogens is 8. The van der Waals surface area contributed by atoms with Crippen LogP contribution < -0.4 is 18.6 Å². The summed E-state index contributed by atoms with van der Waals surface area (Å²) >= 11 is 7.42. The fraction of sp³-hybridized carbons (Fsp3) is 0.400. The van der Waals surface area contributed by atoms with Gasteiger partial charge in [-0.25, -0.2) is 19.9 Å². The normalized spacial score (nSPS) is 25.4. The molecular weight excluding hydrogens is 1200 g/mol. The van der Waals surface area contributed by atoms with E-state index in [1.807, 2.05) is 61.0 Å². The monoisotopic (exact) mass is 1260 g/mol. The van der Waals surface area contributed by atoms with Gasteiger partial charge in [-0.3, -0.25) is 0 Å². The van der Waals surface area contributed by atoms with Crippen LogP contribution in [0.1, 0.15) is 125 Å². The third kappa shape index (κ3) is 11.8. The van der Waals surface area contributed by atoms with Crippen LogP contribution in [0.15, 0.2) is 97.7 Å². The van der Waals surface area contributed by atoms with E-state index in [-0.39, 0.29) is 12.2 Å². The first kappa shape index (κ1) is 57.0. The molecule has 12 heterocycles. The van der Waals surface area contributed by atoms with Crippen molar-refractivity contribution in [3.05, 3.63) is 120 Å². The minimum atomic E-state index is -0.919. The summed E-state index contributed by atoms with van der Waals surface area (Å²) in [7, 11) is -3.57. The second-order valence-corrected chi connectivity index (χ2v) is 26.0. The highest BCUT2D eigenvalue weighted by atomic mass is 79.9. The Labute approximate surface area is 503 Å². The molecule has 18 nitrogen and oxygen atoms in total. The van der Waals surface area contributed by atoms with Gasteiger partial charge >= 0.3 is 28.5 Å². The highest BCUT2D eigenvalue weighted by Crippen LogP contribution is 2.49. The van der Waals surface area contributed by atoms with Gasteiger partial charge in [0.2, 0.25) is 0 Å². The summed E-state index contributed by atoms with van der Waals surface area (Å²) in [5.41, 5.74) is 12.4. The van der Waals surface area contributed by atoms with Gasteiger partial charge in [0.05, 0.1) is 37.0 Å². The predicted molar refractivity (Wildman–Crippen MR) is 336 cm³/mol. The largest absolute Gasteiger partial charge is 0.552 e. The lowest BCUT2D eigenvalue weighted by molar-refractivity contribution is 0.119. The van der Waals surface area contributed by atoms with Crippen molar-refractivity contribution in [3.8, 4) is 23.0 Å². The Morgan fingerprint density at radius 2 is 0.583 bits per heavy atom. The average molecular weight is 1260 g/mol. The van der Waals surface area contributed by atoms with Gasteiger partial charge in [0.25, 0.3) is 0 Å². The number of H-pyrrole nitrogens is 4. The Balaban J connectivity index is 0.000000104. The van der Waals surface area contributed by atoms with Gasteiger partial charge in [-0.2, -0.15) is 0 Å². The molecule has 0 radical (unpaired) electrons. The number of alkyl halides is 2. The molecule has 84 heavy (non-hydrogen) atoms. The number of halogens is 2. The lowest BCUT2D eigenvalue weighted by atomic mass is 9.72. The van der Waals surface area contributed by atoms with E-state index in [0.29, 0.717) is 56.3 Å². The van der Waals surface area contributed by atoms with Crippen LogP contribution in [-0.4, -0.2) is 121 Å². The van der Waals surface area contributed by atoms with Crippen LogP contribution in [0.4, 0.5) is 0 Å². The van der Waals surface area contributed by atoms with Crippen molar-refractivity contribution in [2.45, 2.75) is 125 Å². The molecule has 4 saturated carbocycles. The highest BCUT2D eigenvalue weighted by molar-refractivity contribution is 9.09. The summed E-state index contributed by atoms with van der Waals surface area (Å²) in [5.74, 6) is 11.7. The van der Waals surface area contributed by atoms with Crippen molar-refractivity contribution < 1.29 is 48.9 Å². The smallest absolute Gasteiger partial charge is 0.531 e. The maximum atomic E-state index is 9.99. The fourth-order valence-electron chi connectivity index (χ4n) is 14.0. The van der Waals surface area contributed by atoms with E-state index in [4.69, 9.17) is 18.6 Å². The molecule has 4 aliphatic heterocycles. The molecule has 8 aromatic heterocycles. The molecule has 0 bridgehead atoms. The molecule has 16 rings (SSSR count).